The molecule has 0 saturated heterocycles. The Bertz CT molecular complexity index is 1530. The van der Waals surface area contributed by atoms with Gasteiger partial charge in [0.25, 0.3) is 0 Å². The number of hydrogen-bond donors (Lipinski definition) is 1. The van der Waals surface area contributed by atoms with Crippen molar-refractivity contribution in [2.24, 2.45) is 0 Å². The van der Waals surface area contributed by atoms with Crippen LogP contribution in [0.2, 0.25) is 0 Å². The van der Waals surface area contributed by atoms with Crippen molar-refractivity contribution in [1.82, 2.24) is 9.47 Å². The number of alkyl halides is 3. The molecule has 1 atom stereocenters. The summed E-state index contributed by atoms with van der Waals surface area (Å²) in [6.45, 7) is 1.94. The molecule has 4 aromatic rings. The standard InChI is InChI=1S/C31H28F4N4O2/c1-2-3-18-37(30(41)36-24-16-12-22(13-17-24)31(33,34)35)20-28(40)39-26-8-5-4-7-25(26)38-19-6-9-27(38)29(39)21-10-14-23(32)15-11-21/h4-17,19,29H,2-3,18,20H2,1H3,(H,36,41). The Morgan fingerprint density at radius 3 is 2.24 bits per heavy atom. The molecule has 5 rings (SSSR count). The number of nitrogens with one attached hydrogen (secondary N) is 1. The van der Waals surface area contributed by atoms with Crippen molar-refractivity contribution < 1.29 is 27.2 Å². The number of para-hydroxylation sites is 2. The molecular formula is C31H28F4N4O2. The molecule has 1 aliphatic rings. The quantitative estimate of drug-likeness (QED) is 0.238. The van der Waals surface area contributed by atoms with Crippen molar-refractivity contribution in [2.75, 3.05) is 23.3 Å². The summed E-state index contributed by atoms with van der Waals surface area (Å²) in [7, 11) is 0. The maximum Gasteiger partial charge on any atom is 0.416 e. The lowest BCUT2D eigenvalue weighted by Crippen LogP contribution is -2.48. The maximum absolute atomic E-state index is 14.1. The first kappa shape index (κ1) is 27.9. The van der Waals surface area contributed by atoms with Crippen LogP contribution in [0.3, 0.4) is 0 Å². The van der Waals surface area contributed by atoms with Gasteiger partial charge in [0, 0.05) is 18.4 Å². The summed E-state index contributed by atoms with van der Waals surface area (Å²) in [4.78, 5) is 30.4. The van der Waals surface area contributed by atoms with Gasteiger partial charge in [-0.2, -0.15) is 13.2 Å². The van der Waals surface area contributed by atoms with E-state index >= 15 is 0 Å². The van der Waals surface area contributed by atoms with Crippen LogP contribution in [0.5, 0.6) is 0 Å². The molecule has 1 aromatic heterocycles. The Morgan fingerprint density at radius 1 is 0.902 bits per heavy atom. The summed E-state index contributed by atoms with van der Waals surface area (Å²) in [5.41, 5.74) is 2.28. The predicted molar refractivity (Wildman–Crippen MR) is 148 cm³/mol. The molecule has 1 N–H and O–H groups in total. The van der Waals surface area contributed by atoms with Gasteiger partial charge < -0.3 is 14.8 Å². The Kier molecular flexibility index (Phi) is 7.83. The third-order valence-electron chi connectivity index (χ3n) is 7.03. The minimum absolute atomic E-state index is 0.183. The molecular weight excluding hydrogens is 536 g/mol. The normalized spacial score (nSPS) is 14.3. The first-order valence-electron chi connectivity index (χ1n) is 13.2. The zero-order valence-corrected chi connectivity index (χ0v) is 22.2. The molecule has 1 aliphatic heterocycles. The third-order valence-corrected chi connectivity index (χ3v) is 7.03. The second kappa shape index (κ2) is 11.5. The molecule has 0 bridgehead atoms. The Morgan fingerprint density at radius 2 is 1.59 bits per heavy atom. The molecule has 6 nitrogen and oxygen atoms in total. The monoisotopic (exact) mass is 564 g/mol. The zero-order chi connectivity index (χ0) is 29.1. The van der Waals surface area contributed by atoms with E-state index in [1.165, 1.54) is 29.2 Å². The van der Waals surface area contributed by atoms with E-state index in [9.17, 15) is 27.2 Å². The molecule has 0 aliphatic carbocycles. The topological polar surface area (TPSA) is 57.6 Å². The van der Waals surface area contributed by atoms with Crippen molar-refractivity contribution in [2.45, 2.75) is 32.0 Å². The average Bonchev–Trinajstić information content (AvgIpc) is 3.45. The number of aromatic nitrogens is 1. The van der Waals surface area contributed by atoms with E-state index in [0.717, 1.165) is 29.9 Å². The van der Waals surface area contributed by atoms with E-state index in [1.807, 2.05) is 54.1 Å². The molecule has 10 heteroatoms. The van der Waals surface area contributed by atoms with Crippen molar-refractivity contribution in [3.8, 4) is 5.69 Å². The number of carbonyl (C=O) groups excluding carboxylic acids is 2. The molecule has 3 aromatic carbocycles. The van der Waals surface area contributed by atoms with E-state index in [2.05, 4.69) is 5.32 Å². The highest BCUT2D eigenvalue weighted by Crippen LogP contribution is 2.42. The number of nitrogens with zero attached hydrogens (tertiary/aromatic N) is 3. The SMILES string of the molecule is CCCCN(CC(=O)N1c2ccccc2-n2cccc2C1c1ccc(F)cc1)C(=O)Nc1ccc(C(F)(F)F)cc1. The third kappa shape index (κ3) is 5.82. The van der Waals surface area contributed by atoms with Gasteiger partial charge in [-0.1, -0.05) is 37.6 Å². The molecule has 1 unspecified atom stereocenters. The fraction of sp³-hybridized carbons (Fsp3) is 0.226. The molecule has 0 fully saturated rings. The second-order valence-corrected chi connectivity index (χ2v) is 9.79. The summed E-state index contributed by atoms with van der Waals surface area (Å²) in [6, 6.07) is 20.1. The van der Waals surface area contributed by atoms with Crippen LogP contribution in [0.25, 0.3) is 5.69 Å². The van der Waals surface area contributed by atoms with Crippen LogP contribution in [0.15, 0.2) is 91.1 Å². The van der Waals surface area contributed by atoms with Crippen molar-refractivity contribution in [3.63, 3.8) is 0 Å². The number of hydrogen-bond acceptors (Lipinski definition) is 2. The average molecular weight is 565 g/mol. The van der Waals surface area contributed by atoms with E-state index < -0.39 is 29.6 Å². The fourth-order valence-electron chi connectivity index (χ4n) is 5.01. The van der Waals surface area contributed by atoms with E-state index in [0.29, 0.717) is 17.7 Å². The highest BCUT2D eigenvalue weighted by atomic mass is 19.4. The molecule has 0 saturated carbocycles. The fourth-order valence-corrected chi connectivity index (χ4v) is 5.01. The lowest BCUT2D eigenvalue weighted by Gasteiger charge is -2.39. The number of anilines is 2. The van der Waals surface area contributed by atoms with Crippen molar-refractivity contribution >= 4 is 23.3 Å². The number of rotatable bonds is 7. The second-order valence-electron chi connectivity index (χ2n) is 9.79. The van der Waals surface area contributed by atoms with Crippen LogP contribution >= 0.6 is 0 Å². The largest absolute Gasteiger partial charge is 0.416 e. The number of carbonyl (C=O) groups is 2. The lowest BCUT2D eigenvalue weighted by atomic mass is 9.97. The molecule has 0 radical (unpaired) electrons. The first-order valence-corrected chi connectivity index (χ1v) is 13.2. The number of unbranched alkanes of at least 4 members (excludes halogenated alkanes) is 1. The summed E-state index contributed by atoms with van der Waals surface area (Å²) in [5, 5.41) is 2.62. The van der Waals surface area contributed by atoms with Crippen LogP contribution in [0.4, 0.5) is 33.7 Å². The van der Waals surface area contributed by atoms with Gasteiger partial charge in [-0.05, 0) is 72.6 Å². The van der Waals surface area contributed by atoms with Gasteiger partial charge in [0.15, 0.2) is 0 Å². The highest BCUT2D eigenvalue weighted by Gasteiger charge is 2.37. The van der Waals surface area contributed by atoms with E-state index in [1.54, 1.807) is 17.0 Å². The minimum Gasteiger partial charge on any atom is -0.316 e. The van der Waals surface area contributed by atoms with Gasteiger partial charge in [-0.3, -0.25) is 9.69 Å². The number of urea groups is 1. The van der Waals surface area contributed by atoms with E-state index in [-0.39, 0.29) is 24.7 Å². The molecule has 2 heterocycles. The molecule has 0 spiro atoms. The van der Waals surface area contributed by atoms with Crippen LogP contribution in [-0.4, -0.2) is 34.5 Å². The number of fused-ring (bicyclic) bond motifs is 3. The van der Waals surface area contributed by atoms with Gasteiger partial charge >= 0.3 is 12.2 Å². The minimum atomic E-state index is -4.49. The highest BCUT2D eigenvalue weighted by molar-refractivity contribution is 6.01. The van der Waals surface area contributed by atoms with Crippen molar-refractivity contribution in [3.05, 3.63) is 114 Å². The Hall–Kier alpha value is -4.60. The summed E-state index contributed by atoms with van der Waals surface area (Å²) < 4.78 is 54.7. The van der Waals surface area contributed by atoms with Crippen molar-refractivity contribution in [1.29, 1.82) is 0 Å². The zero-order valence-electron chi connectivity index (χ0n) is 22.2. The smallest absolute Gasteiger partial charge is 0.316 e. The summed E-state index contributed by atoms with van der Waals surface area (Å²) in [6.07, 6.45) is -1.21. The lowest BCUT2D eigenvalue weighted by molar-refractivity contribution is -0.137. The summed E-state index contributed by atoms with van der Waals surface area (Å²) in [5.74, 6) is -0.762. The molecule has 212 valence electrons. The Balaban J connectivity index is 1.46. The molecule has 41 heavy (non-hydrogen) atoms. The van der Waals surface area contributed by atoms with Gasteiger partial charge in [0.1, 0.15) is 18.4 Å². The van der Waals surface area contributed by atoms with Gasteiger partial charge in [-0.25, -0.2) is 9.18 Å². The Labute approximate surface area is 234 Å². The first-order chi connectivity index (χ1) is 19.7. The van der Waals surface area contributed by atoms with Gasteiger partial charge in [-0.15, -0.1) is 0 Å². The predicted octanol–water partition coefficient (Wildman–Crippen LogP) is 7.41. The van der Waals surface area contributed by atoms with Gasteiger partial charge in [0.05, 0.1) is 22.6 Å². The van der Waals surface area contributed by atoms with E-state index in [4.69, 9.17) is 0 Å². The number of halogens is 4. The number of benzene rings is 3. The summed E-state index contributed by atoms with van der Waals surface area (Å²) >= 11 is 0. The van der Waals surface area contributed by atoms with Gasteiger partial charge in [0.2, 0.25) is 5.91 Å². The van der Waals surface area contributed by atoms with Crippen LogP contribution in [0.1, 0.15) is 42.6 Å². The van der Waals surface area contributed by atoms with Crippen LogP contribution in [0, 0.1) is 5.82 Å². The number of amides is 3. The maximum atomic E-state index is 14.1. The van der Waals surface area contributed by atoms with Crippen LogP contribution < -0.4 is 10.2 Å². The van der Waals surface area contributed by atoms with Crippen LogP contribution in [-0.2, 0) is 11.0 Å². The molecule has 3 amide bonds.